The number of hydrogen-bond donors (Lipinski definition) is 1. The Labute approximate surface area is 162 Å². The van der Waals surface area contributed by atoms with Crippen LogP contribution in [-0.4, -0.2) is 37.0 Å². The number of amides is 1. The van der Waals surface area contributed by atoms with Crippen molar-refractivity contribution in [3.05, 3.63) is 65.5 Å². The van der Waals surface area contributed by atoms with Gasteiger partial charge in [-0.05, 0) is 36.6 Å². The fourth-order valence-electron chi connectivity index (χ4n) is 2.42. The van der Waals surface area contributed by atoms with E-state index in [1.54, 1.807) is 54.2 Å². The SMILES string of the molecule is COc1ccccc1C(=O)N[C@H](CCSC)C(=O)OCc1ccccc1F. The van der Waals surface area contributed by atoms with Gasteiger partial charge in [-0.15, -0.1) is 0 Å². The van der Waals surface area contributed by atoms with Gasteiger partial charge in [-0.1, -0.05) is 30.3 Å². The lowest BCUT2D eigenvalue weighted by Crippen LogP contribution is -2.42. The number of hydrogen-bond acceptors (Lipinski definition) is 5. The molecule has 0 aromatic heterocycles. The smallest absolute Gasteiger partial charge is 0.329 e. The second-order valence-corrected chi connectivity index (χ2v) is 6.69. The van der Waals surface area contributed by atoms with Crippen LogP contribution in [0, 0.1) is 5.82 Å². The lowest BCUT2D eigenvalue weighted by molar-refractivity contribution is -0.147. The van der Waals surface area contributed by atoms with Gasteiger partial charge in [0, 0.05) is 5.56 Å². The summed E-state index contributed by atoms with van der Waals surface area (Å²) < 4.78 is 24.1. The molecule has 27 heavy (non-hydrogen) atoms. The predicted molar refractivity (Wildman–Crippen MR) is 103 cm³/mol. The Morgan fingerprint density at radius 1 is 1.15 bits per heavy atom. The Balaban J connectivity index is 2.06. The number of ether oxygens (including phenoxy) is 2. The minimum atomic E-state index is -0.832. The third kappa shape index (κ3) is 5.99. The number of para-hydroxylation sites is 1. The number of rotatable bonds is 9. The molecular weight excluding hydrogens is 369 g/mol. The highest BCUT2D eigenvalue weighted by molar-refractivity contribution is 7.98. The van der Waals surface area contributed by atoms with Crippen LogP contribution in [-0.2, 0) is 16.1 Å². The van der Waals surface area contributed by atoms with Crippen LogP contribution in [0.3, 0.4) is 0 Å². The molecule has 0 radical (unpaired) electrons. The molecule has 0 fully saturated rings. The van der Waals surface area contributed by atoms with Crippen LogP contribution in [0.25, 0.3) is 0 Å². The molecule has 0 bridgehead atoms. The van der Waals surface area contributed by atoms with Crippen molar-refractivity contribution in [2.45, 2.75) is 19.1 Å². The lowest BCUT2D eigenvalue weighted by Gasteiger charge is -2.18. The Kier molecular flexibility index (Phi) is 8.13. The van der Waals surface area contributed by atoms with Crippen LogP contribution >= 0.6 is 11.8 Å². The number of esters is 1. The minimum absolute atomic E-state index is 0.189. The summed E-state index contributed by atoms with van der Waals surface area (Å²) in [7, 11) is 1.47. The van der Waals surface area contributed by atoms with Gasteiger partial charge in [-0.2, -0.15) is 11.8 Å². The maximum Gasteiger partial charge on any atom is 0.329 e. The molecule has 2 aromatic carbocycles. The fourth-order valence-corrected chi connectivity index (χ4v) is 2.89. The molecule has 0 unspecified atom stereocenters. The molecule has 1 N–H and O–H groups in total. The van der Waals surface area contributed by atoms with Gasteiger partial charge in [-0.25, -0.2) is 9.18 Å². The molecular formula is C20H22FNO4S. The zero-order valence-electron chi connectivity index (χ0n) is 15.2. The topological polar surface area (TPSA) is 64.6 Å². The molecule has 2 rings (SSSR count). The van der Waals surface area contributed by atoms with E-state index in [9.17, 15) is 14.0 Å². The zero-order chi connectivity index (χ0) is 19.6. The van der Waals surface area contributed by atoms with E-state index in [1.165, 1.54) is 13.2 Å². The van der Waals surface area contributed by atoms with Gasteiger partial charge in [0.2, 0.25) is 0 Å². The van der Waals surface area contributed by atoms with Crippen LogP contribution in [0.1, 0.15) is 22.3 Å². The van der Waals surface area contributed by atoms with Crippen molar-refractivity contribution in [1.82, 2.24) is 5.32 Å². The summed E-state index contributed by atoms with van der Waals surface area (Å²) in [5.74, 6) is -0.398. The monoisotopic (exact) mass is 391 g/mol. The van der Waals surface area contributed by atoms with Crippen LogP contribution in [0.2, 0.25) is 0 Å². The molecule has 2 aromatic rings. The van der Waals surface area contributed by atoms with Gasteiger partial charge in [-0.3, -0.25) is 4.79 Å². The Morgan fingerprint density at radius 2 is 1.85 bits per heavy atom. The molecule has 7 heteroatoms. The van der Waals surface area contributed by atoms with E-state index < -0.39 is 23.7 Å². The van der Waals surface area contributed by atoms with Crippen molar-refractivity contribution in [1.29, 1.82) is 0 Å². The number of thioether (sulfide) groups is 1. The Hall–Kier alpha value is -2.54. The summed E-state index contributed by atoms with van der Waals surface area (Å²) in [5.41, 5.74) is 0.613. The van der Waals surface area contributed by atoms with Crippen LogP contribution in [0.15, 0.2) is 48.5 Å². The first kappa shape index (κ1) is 20.8. The first-order valence-corrected chi connectivity index (χ1v) is 9.79. The van der Waals surface area contributed by atoms with Crippen molar-refractivity contribution in [3.8, 4) is 5.75 Å². The van der Waals surface area contributed by atoms with E-state index >= 15 is 0 Å². The highest BCUT2D eigenvalue weighted by atomic mass is 32.2. The summed E-state index contributed by atoms with van der Waals surface area (Å²) in [6.45, 7) is -0.189. The number of halogens is 1. The van der Waals surface area contributed by atoms with Crippen molar-refractivity contribution in [2.24, 2.45) is 0 Å². The van der Waals surface area contributed by atoms with E-state index in [4.69, 9.17) is 9.47 Å². The van der Waals surface area contributed by atoms with E-state index in [0.717, 1.165) is 0 Å². The number of benzene rings is 2. The Morgan fingerprint density at radius 3 is 2.56 bits per heavy atom. The molecule has 0 aliphatic carbocycles. The molecule has 0 saturated carbocycles. The second-order valence-electron chi connectivity index (χ2n) is 5.71. The molecule has 0 aliphatic rings. The molecule has 144 valence electrons. The predicted octanol–water partition coefficient (Wildman–Crippen LogP) is 3.43. The summed E-state index contributed by atoms with van der Waals surface area (Å²) in [6.07, 6.45) is 2.31. The second kappa shape index (κ2) is 10.6. The lowest BCUT2D eigenvalue weighted by atomic mass is 10.1. The van der Waals surface area contributed by atoms with Crippen LogP contribution in [0.4, 0.5) is 4.39 Å². The normalized spacial score (nSPS) is 11.5. The van der Waals surface area contributed by atoms with E-state index in [2.05, 4.69) is 5.32 Å². The van der Waals surface area contributed by atoms with E-state index in [-0.39, 0.29) is 12.2 Å². The maximum atomic E-state index is 13.7. The van der Waals surface area contributed by atoms with E-state index in [1.807, 2.05) is 6.26 Å². The number of carbonyl (C=O) groups excluding carboxylic acids is 2. The molecule has 0 saturated heterocycles. The average Bonchev–Trinajstić information content (AvgIpc) is 2.70. The summed E-state index contributed by atoms with van der Waals surface area (Å²) in [6, 6.07) is 12.0. The van der Waals surface area contributed by atoms with Gasteiger partial charge in [0.1, 0.15) is 24.2 Å². The first-order chi connectivity index (χ1) is 13.1. The highest BCUT2D eigenvalue weighted by Gasteiger charge is 2.24. The van der Waals surface area contributed by atoms with Crippen LogP contribution < -0.4 is 10.1 Å². The molecule has 0 spiro atoms. The summed E-state index contributed by atoms with van der Waals surface area (Å²) in [5, 5.41) is 2.69. The maximum absolute atomic E-state index is 13.7. The zero-order valence-corrected chi connectivity index (χ0v) is 16.1. The third-order valence-corrected chi connectivity index (χ3v) is 4.52. The van der Waals surface area contributed by atoms with Crippen molar-refractivity contribution in [2.75, 3.05) is 19.1 Å². The van der Waals surface area contributed by atoms with Crippen molar-refractivity contribution >= 4 is 23.6 Å². The largest absolute Gasteiger partial charge is 0.496 e. The number of nitrogens with one attached hydrogen (secondary N) is 1. The quantitative estimate of drug-likeness (QED) is 0.664. The van der Waals surface area contributed by atoms with Gasteiger partial charge in [0.15, 0.2) is 0 Å². The molecule has 0 aliphatic heterocycles. The fraction of sp³-hybridized carbons (Fsp3) is 0.300. The first-order valence-electron chi connectivity index (χ1n) is 8.39. The van der Waals surface area contributed by atoms with Crippen LogP contribution in [0.5, 0.6) is 5.75 Å². The molecule has 5 nitrogen and oxygen atoms in total. The standard InChI is InChI=1S/C20H22FNO4S/c1-25-18-10-6-4-8-15(18)19(23)22-17(11-12-27-2)20(24)26-13-14-7-3-5-9-16(14)21/h3-10,17H,11-13H2,1-2H3,(H,22,23)/t17-/m1/s1. The summed E-state index contributed by atoms with van der Waals surface area (Å²) >= 11 is 1.55. The third-order valence-electron chi connectivity index (χ3n) is 3.88. The molecule has 0 heterocycles. The van der Waals surface area contributed by atoms with Gasteiger partial charge in [0.25, 0.3) is 5.91 Å². The summed E-state index contributed by atoms with van der Waals surface area (Å²) in [4.78, 5) is 25.0. The van der Waals surface area contributed by atoms with Crippen molar-refractivity contribution < 1.29 is 23.5 Å². The highest BCUT2D eigenvalue weighted by Crippen LogP contribution is 2.18. The number of carbonyl (C=O) groups is 2. The van der Waals surface area contributed by atoms with E-state index in [0.29, 0.717) is 23.5 Å². The van der Waals surface area contributed by atoms with Gasteiger partial charge in [0.05, 0.1) is 12.7 Å². The van der Waals surface area contributed by atoms with Gasteiger partial charge < -0.3 is 14.8 Å². The Bertz CT molecular complexity index is 784. The van der Waals surface area contributed by atoms with Crippen molar-refractivity contribution in [3.63, 3.8) is 0 Å². The molecule has 1 amide bonds. The minimum Gasteiger partial charge on any atom is -0.496 e. The van der Waals surface area contributed by atoms with Gasteiger partial charge >= 0.3 is 5.97 Å². The number of methoxy groups -OCH3 is 1. The molecule has 1 atom stereocenters. The average molecular weight is 391 g/mol.